The Bertz CT molecular complexity index is 984. The van der Waals surface area contributed by atoms with E-state index in [9.17, 15) is 5.11 Å². The van der Waals surface area contributed by atoms with Crippen molar-refractivity contribution in [2.24, 2.45) is 0 Å². The Morgan fingerprint density at radius 2 is 1.68 bits per heavy atom. The molecule has 0 amide bonds. The number of furan rings is 1. The minimum absolute atomic E-state index is 0.136. The van der Waals surface area contributed by atoms with Gasteiger partial charge in [-0.1, -0.05) is 43.5 Å². The number of hydrogen-bond donors (Lipinski definition) is 1. The predicted octanol–water partition coefficient (Wildman–Crippen LogP) is 5.13. The van der Waals surface area contributed by atoms with E-state index in [1.54, 1.807) is 6.07 Å². The molecule has 3 aromatic rings. The molecule has 2 nitrogen and oxygen atoms in total. The lowest BCUT2D eigenvalue weighted by Crippen LogP contribution is -1.98. The summed E-state index contributed by atoms with van der Waals surface area (Å²) in [6.07, 6.45) is 9.94. The number of benzene rings is 2. The van der Waals surface area contributed by atoms with E-state index in [2.05, 4.69) is 19.2 Å². The number of allylic oxidation sites excluding steroid dienone is 2. The summed E-state index contributed by atoms with van der Waals surface area (Å²) in [6, 6.07) is 3.58. The van der Waals surface area contributed by atoms with Gasteiger partial charge in [0.2, 0.25) is 0 Å². The summed E-state index contributed by atoms with van der Waals surface area (Å²) >= 11 is 0. The van der Waals surface area contributed by atoms with Gasteiger partial charge in [0, 0.05) is 10.8 Å². The van der Waals surface area contributed by atoms with Gasteiger partial charge < -0.3 is 9.52 Å². The van der Waals surface area contributed by atoms with Crippen LogP contribution in [0.3, 0.4) is 0 Å². The SMILES string of the molecule is C=Cc1c(/C=C\C)c2ccc(O)c3oc(=C)c(c1/C=C\C)c23. The van der Waals surface area contributed by atoms with Crippen LogP contribution in [0.25, 0.3) is 46.5 Å². The number of rotatable bonds is 3. The summed E-state index contributed by atoms with van der Waals surface area (Å²) in [5.41, 5.74) is 4.19. The monoisotopic (exact) mass is 290 g/mol. The summed E-state index contributed by atoms with van der Waals surface area (Å²) in [5, 5.41) is 13.0. The van der Waals surface area contributed by atoms with Crippen LogP contribution in [0, 0.1) is 0 Å². The summed E-state index contributed by atoms with van der Waals surface area (Å²) < 4.78 is 5.74. The molecule has 0 bridgehead atoms. The molecule has 0 aliphatic rings. The third-order valence-electron chi connectivity index (χ3n) is 3.90. The highest BCUT2D eigenvalue weighted by atomic mass is 16.4. The van der Waals surface area contributed by atoms with Gasteiger partial charge in [-0.3, -0.25) is 0 Å². The molecule has 0 aliphatic heterocycles. The topological polar surface area (TPSA) is 33.4 Å². The number of aromatic hydroxyl groups is 1. The summed E-state index contributed by atoms with van der Waals surface area (Å²) in [4.78, 5) is 0. The first kappa shape index (κ1) is 14.2. The van der Waals surface area contributed by atoms with Gasteiger partial charge in [-0.2, -0.15) is 0 Å². The van der Waals surface area contributed by atoms with Crippen molar-refractivity contribution in [2.45, 2.75) is 13.8 Å². The van der Waals surface area contributed by atoms with Crippen LogP contribution < -0.4 is 5.42 Å². The quantitative estimate of drug-likeness (QED) is 0.725. The van der Waals surface area contributed by atoms with E-state index in [1.165, 1.54) is 0 Å². The Hall–Kier alpha value is -2.74. The van der Waals surface area contributed by atoms with Crippen molar-refractivity contribution >= 4 is 46.5 Å². The molecule has 1 heterocycles. The molecule has 22 heavy (non-hydrogen) atoms. The highest BCUT2D eigenvalue weighted by Gasteiger charge is 2.19. The Morgan fingerprint density at radius 3 is 2.32 bits per heavy atom. The molecule has 0 saturated carbocycles. The molecule has 3 rings (SSSR count). The maximum absolute atomic E-state index is 10.1. The first-order valence-corrected chi connectivity index (χ1v) is 7.24. The fraction of sp³-hybridized carbons (Fsp3) is 0.100. The van der Waals surface area contributed by atoms with Crippen molar-refractivity contribution in [1.82, 2.24) is 0 Å². The van der Waals surface area contributed by atoms with Gasteiger partial charge in [-0.15, -0.1) is 0 Å². The van der Waals surface area contributed by atoms with E-state index in [0.29, 0.717) is 11.0 Å². The molecule has 0 saturated heterocycles. The highest BCUT2D eigenvalue weighted by molar-refractivity contribution is 6.17. The van der Waals surface area contributed by atoms with Crippen LogP contribution in [0.4, 0.5) is 0 Å². The zero-order valence-corrected chi connectivity index (χ0v) is 12.8. The van der Waals surface area contributed by atoms with Crippen molar-refractivity contribution in [1.29, 1.82) is 0 Å². The lowest BCUT2D eigenvalue weighted by molar-refractivity contribution is 0.462. The van der Waals surface area contributed by atoms with E-state index < -0.39 is 0 Å². The maximum Gasteiger partial charge on any atom is 0.177 e. The standard InChI is InChI=1S/C20H18O2/c1-5-8-14-13(7-3)15(9-6-2)18-12(4)22-20-17(21)11-10-16(14)19(18)20/h5-11,21H,3-4H2,1-2H3/b8-5-,9-6-. The lowest BCUT2D eigenvalue weighted by atomic mass is 9.90. The molecule has 0 spiro atoms. The van der Waals surface area contributed by atoms with Crippen LogP contribution in [0.15, 0.2) is 35.3 Å². The van der Waals surface area contributed by atoms with Crippen LogP contribution in [0.5, 0.6) is 5.75 Å². The predicted molar refractivity (Wildman–Crippen MR) is 95.6 cm³/mol. The van der Waals surface area contributed by atoms with Crippen molar-refractivity contribution in [3.05, 3.63) is 53.0 Å². The minimum atomic E-state index is 0.136. The van der Waals surface area contributed by atoms with Crippen LogP contribution >= 0.6 is 0 Å². The van der Waals surface area contributed by atoms with Crippen molar-refractivity contribution in [3.8, 4) is 5.75 Å². The molecule has 0 atom stereocenters. The molecule has 1 aromatic heterocycles. The van der Waals surface area contributed by atoms with Crippen LogP contribution in [0.2, 0.25) is 0 Å². The second kappa shape index (κ2) is 5.23. The molecule has 0 fully saturated rings. The fourth-order valence-corrected chi connectivity index (χ4v) is 3.08. The average Bonchev–Trinajstić information content (AvgIpc) is 2.85. The molecular weight excluding hydrogens is 272 g/mol. The minimum Gasteiger partial charge on any atom is -0.504 e. The highest BCUT2D eigenvalue weighted by Crippen LogP contribution is 2.39. The average molecular weight is 290 g/mol. The molecule has 0 aliphatic carbocycles. The number of phenols is 1. The number of phenolic OH excluding ortho intramolecular Hbond substituents is 1. The van der Waals surface area contributed by atoms with Crippen LogP contribution in [0.1, 0.15) is 30.5 Å². The van der Waals surface area contributed by atoms with Crippen LogP contribution in [-0.2, 0) is 0 Å². The maximum atomic E-state index is 10.1. The smallest absolute Gasteiger partial charge is 0.177 e. The van der Waals surface area contributed by atoms with Gasteiger partial charge in [-0.05, 0) is 48.1 Å². The lowest BCUT2D eigenvalue weighted by Gasteiger charge is -2.12. The Labute approximate surface area is 129 Å². The first-order valence-electron chi connectivity index (χ1n) is 7.24. The zero-order chi connectivity index (χ0) is 15.9. The third kappa shape index (κ3) is 1.81. The zero-order valence-electron chi connectivity index (χ0n) is 12.8. The van der Waals surface area contributed by atoms with Gasteiger partial charge in [0.1, 0.15) is 5.42 Å². The summed E-state index contributed by atoms with van der Waals surface area (Å²) in [7, 11) is 0. The van der Waals surface area contributed by atoms with E-state index in [0.717, 1.165) is 32.8 Å². The van der Waals surface area contributed by atoms with Gasteiger partial charge in [-0.25, -0.2) is 0 Å². The third-order valence-corrected chi connectivity index (χ3v) is 3.90. The second-order valence-corrected chi connectivity index (χ2v) is 5.18. The fourth-order valence-electron chi connectivity index (χ4n) is 3.08. The van der Waals surface area contributed by atoms with Gasteiger partial charge in [0.05, 0.1) is 0 Å². The molecular formula is C20H18O2. The molecule has 0 radical (unpaired) electrons. The molecule has 2 aromatic carbocycles. The molecule has 110 valence electrons. The summed E-state index contributed by atoms with van der Waals surface area (Å²) in [5.74, 6) is 0.136. The molecule has 2 heteroatoms. The van der Waals surface area contributed by atoms with E-state index >= 15 is 0 Å². The van der Waals surface area contributed by atoms with E-state index in [4.69, 9.17) is 4.42 Å². The first-order chi connectivity index (χ1) is 10.6. The van der Waals surface area contributed by atoms with E-state index in [-0.39, 0.29) is 5.75 Å². The van der Waals surface area contributed by atoms with Crippen molar-refractivity contribution < 1.29 is 9.52 Å². The van der Waals surface area contributed by atoms with Gasteiger partial charge >= 0.3 is 0 Å². The number of hydrogen-bond acceptors (Lipinski definition) is 2. The largest absolute Gasteiger partial charge is 0.504 e. The molecule has 0 unspecified atom stereocenters. The normalized spacial score (nSPS) is 12.3. The van der Waals surface area contributed by atoms with Crippen molar-refractivity contribution in [3.63, 3.8) is 0 Å². The Balaban J connectivity index is 2.73. The second-order valence-electron chi connectivity index (χ2n) is 5.18. The van der Waals surface area contributed by atoms with Crippen LogP contribution in [-0.4, -0.2) is 5.11 Å². The Kier molecular flexibility index (Phi) is 3.38. The van der Waals surface area contributed by atoms with E-state index in [1.807, 2.05) is 44.2 Å². The molecule has 1 N–H and O–H groups in total. The summed E-state index contributed by atoms with van der Waals surface area (Å²) in [6.45, 7) is 11.9. The van der Waals surface area contributed by atoms with Crippen molar-refractivity contribution in [2.75, 3.05) is 0 Å². The Morgan fingerprint density at radius 1 is 1.00 bits per heavy atom. The van der Waals surface area contributed by atoms with Gasteiger partial charge in [0.25, 0.3) is 0 Å². The van der Waals surface area contributed by atoms with Gasteiger partial charge in [0.15, 0.2) is 11.3 Å².